The number of hydrogen-bond donors (Lipinski definition) is 1. The van der Waals surface area contributed by atoms with E-state index < -0.39 is 0 Å². The molecule has 1 saturated heterocycles. The Balaban J connectivity index is 1.11. The first-order chi connectivity index (χ1) is 17.5. The molecule has 3 aromatic rings. The maximum absolute atomic E-state index is 12.8. The number of carbonyl (C=O) groups is 1. The summed E-state index contributed by atoms with van der Waals surface area (Å²) in [7, 11) is 0. The number of carbonyl (C=O) groups excluding carboxylic acids is 1. The number of nitrogens with one attached hydrogen (secondary N) is 1. The normalized spacial score (nSPS) is 16.5. The van der Waals surface area contributed by atoms with E-state index in [1.165, 1.54) is 11.3 Å². The third-order valence-electron chi connectivity index (χ3n) is 6.62. The number of piperazine rings is 1. The molecule has 0 bridgehead atoms. The van der Waals surface area contributed by atoms with Crippen LogP contribution in [0.1, 0.15) is 29.6 Å². The number of rotatable bonds is 9. The van der Waals surface area contributed by atoms with E-state index >= 15 is 0 Å². The summed E-state index contributed by atoms with van der Waals surface area (Å²) in [6, 6.07) is 15.3. The highest BCUT2D eigenvalue weighted by atomic mass is 35.5. The summed E-state index contributed by atoms with van der Waals surface area (Å²) in [5.74, 6) is 2.51. The van der Waals surface area contributed by atoms with Gasteiger partial charge in [0.25, 0.3) is 5.91 Å². The number of benzene rings is 2. The molecular formula is C27H27ClN6OS. The van der Waals surface area contributed by atoms with Crippen molar-refractivity contribution in [2.24, 2.45) is 10.2 Å². The van der Waals surface area contributed by atoms with Crippen molar-refractivity contribution >= 4 is 39.7 Å². The molecule has 1 aromatic heterocycles. The summed E-state index contributed by atoms with van der Waals surface area (Å²) in [6.45, 7) is 4.86. The van der Waals surface area contributed by atoms with E-state index in [0.717, 1.165) is 68.9 Å². The number of halogens is 1. The van der Waals surface area contributed by atoms with Crippen LogP contribution < -0.4 is 10.2 Å². The first kappa shape index (κ1) is 24.4. The zero-order valence-corrected chi connectivity index (χ0v) is 21.4. The van der Waals surface area contributed by atoms with Crippen molar-refractivity contribution in [3.63, 3.8) is 0 Å². The third-order valence-corrected chi connectivity index (χ3v) is 7.71. The van der Waals surface area contributed by atoms with Crippen LogP contribution in [0.3, 0.4) is 0 Å². The average Bonchev–Trinajstić information content (AvgIpc) is 3.54. The fourth-order valence-corrected chi connectivity index (χ4v) is 5.29. The van der Waals surface area contributed by atoms with Crippen LogP contribution in [0.15, 0.2) is 64.1 Å². The Hall–Kier alpha value is -3.25. The molecule has 9 heteroatoms. The maximum Gasteiger partial charge on any atom is 0.257 e. The zero-order chi connectivity index (χ0) is 25.0. The highest BCUT2D eigenvalue weighted by Gasteiger charge is 2.39. The molecule has 5 rings (SSSR count). The molecular weight excluding hydrogens is 492 g/mol. The summed E-state index contributed by atoms with van der Waals surface area (Å²) in [6.07, 6.45) is 7.90. The fraction of sp³-hybridized carbons (Fsp3) is 0.333. The number of terminal acetylenes is 1. The van der Waals surface area contributed by atoms with Crippen LogP contribution in [0.25, 0.3) is 11.3 Å². The molecule has 7 nitrogen and oxygen atoms in total. The summed E-state index contributed by atoms with van der Waals surface area (Å²) in [5, 5.41) is 14.4. The van der Waals surface area contributed by atoms with E-state index in [1.807, 2.05) is 53.9 Å². The molecule has 0 atom stereocenters. The second-order valence-corrected chi connectivity index (χ2v) is 10.2. The molecule has 3 heterocycles. The van der Waals surface area contributed by atoms with Crippen LogP contribution >= 0.6 is 22.9 Å². The predicted octanol–water partition coefficient (Wildman–Crippen LogP) is 5.80. The number of aromatic nitrogens is 1. The van der Waals surface area contributed by atoms with E-state index in [2.05, 4.69) is 36.2 Å². The Kier molecular flexibility index (Phi) is 7.33. The topological polar surface area (TPSA) is 73.2 Å². The van der Waals surface area contributed by atoms with E-state index in [9.17, 15) is 4.79 Å². The minimum atomic E-state index is -0.214. The zero-order valence-electron chi connectivity index (χ0n) is 19.9. The van der Waals surface area contributed by atoms with Crippen molar-refractivity contribution in [1.29, 1.82) is 0 Å². The van der Waals surface area contributed by atoms with Gasteiger partial charge in [0.2, 0.25) is 0 Å². The molecule has 0 saturated carbocycles. The Morgan fingerprint density at radius 2 is 1.83 bits per heavy atom. The van der Waals surface area contributed by atoms with Crippen molar-refractivity contribution in [3.05, 3.63) is 64.5 Å². The van der Waals surface area contributed by atoms with Crippen LogP contribution in [0.5, 0.6) is 0 Å². The molecule has 0 spiro atoms. The second kappa shape index (κ2) is 10.8. The summed E-state index contributed by atoms with van der Waals surface area (Å²) < 4.78 is 0. The van der Waals surface area contributed by atoms with Crippen LogP contribution in [0.2, 0.25) is 5.02 Å². The lowest BCUT2D eigenvalue weighted by Gasteiger charge is -2.36. The predicted molar refractivity (Wildman–Crippen MR) is 146 cm³/mol. The van der Waals surface area contributed by atoms with Gasteiger partial charge in [-0.2, -0.15) is 10.2 Å². The van der Waals surface area contributed by atoms with E-state index in [4.69, 9.17) is 18.0 Å². The van der Waals surface area contributed by atoms with Gasteiger partial charge in [0, 0.05) is 79.2 Å². The Morgan fingerprint density at radius 3 is 2.53 bits per heavy atom. The standard InChI is InChI=1S/C27H27ClN6OS/c1-2-3-12-27(31-32-27)13-14-33-15-17-34(18-16-33)21-10-8-20(9-11-21)25(35)30-26-29-24(19-36-26)22-6-4-5-7-23(22)28/h1,4-11,19H,3,12-18H2,(H,29,30,35). The minimum absolute atomic E-state index is 0.180. The molecule has 0 radical (unpaired) electrons. The fourth-order valence-electron chi connectivity index (χ4n) is 4.35. The lowest BCUT2D eigenvalue weighted by molar-refractivity contribution is 0.102. The number of thiazole rings is 1. The van der Waals surface area contributed by atoms with Gasteiger partial charge in [-0.3, -0.25) is 15.0 Å². The molecule has 2 aromatic carbocycles. The molecule has 1 N–H and O–H groups in total. The molecule has 0 aliphatic carbocycles. The lowest BCUT2D eigenvalue weighted by atomic mass is 10.0. The molecule has 1 fully saturated rings. The highest BCUT2D eigenvalue weighted by Crippen LogP contribution is 2.36. The molecule has 0 unspecified atom stereocenters. The number of nitrogens with zero attached hydrogens (tertiary/aromatic N) is 5. The van der Waals surface area contributed by atoms with E-state index in [0.29, 0.717) is 15.7 Å². The molecule has 184 valence electrons. The summed E-state index contributed by atoms with van der Waals surface area (Å²) in [5.41, 5.74) is 3.11. The Labute approximate surface area is 220 Å². The van der Waals surface area contributed by atoms with Crippen molar-refractivity contribution in [2.45, 2.75) is 24.9 Å². The van der Waals surface area contributed by atoms with Gasteiger partial charge in [-0.1, -0.05) is 29.8 Å². The van der Waals surface area contributed by atoms with Crippen molar-refractivity contribution < 1.29 is 4.79 Å². The maximum atomic E-state index is 12.8. The van der Waals surface area contributed by atoms with Gasteiger partial charge in [-0.15, -0.1) is 23.7 Å². The van der Waals surface area contributed by atoms with Crippen LogP contribution in [-0.2, 0) is 0 Å². The minimum Gasteiger partial charge on any atom is -0.369 e. The molecule has 1 amide bonds. The Morgan fingerprint density at radius 1 is 1.08 bits per heavy atom. The van der Waals surface area contributed by atoms with Crippen molar-refractivity contribution in [1.82, 2.24) is 9.88 Å². The molecule has 2 aliphatic rings. The monoisotopic (exact) mass is 518 g/mol. The van der Waals surface area contributed by atoms with Gasteiger partial charge in [-0.25, -0.2) is 4.98 Å². The molecule has 2 aliphatic heterocycles. The summed E-state index contributed by atoms with van der Waals surface area (Å²) >= 11 is 7.65. The first-order valence-corrected chi connectivity index (χ1v) is 13.3. The quantitative estimate of drug-likeness (QED) is 0.363. The van der Waals surface area contributed by atoms with Gasteiger partial charge in [0.05, 0.1) is 5.69 Å². The number of amides is 1. The third kappa shape index (κ3) is 5.76. The first-order valence-electron chi connectivity index (χ1n) is 12.0. The highest BCUT2D eigenvalue weighted by molar-refractivity contribution is 7.14. The number of hydrogen-bond acceptors (Lipinski definition) is 7. The average molecular weight is 519 g/mol. The van der Waals surface area contributed by atoms with Crippen LogP contribution in [-0.4, -0.2) is 54.2 Å². The van der Waals surface area contributed by atoms with Crippen molar-refractivity contribution in [2.75, 3.05) is 42.9 Å². The van der Waals surface area contributed by atoms with E-state index in [1.54, 1.807) is 0 Å². The number of anilines is 2. The Bertz CT molecular complexity index is 1280. The second-order valence-electron chi connectivity index (χ2n) is 8.98. The largest absolute Gasteiger partial charge is 0.369 e. The van der Waals surface area contributed by atoms with Crippen LogP contribution in [0, 0.1) is 12.3 Å². The smallest absolute Gasteiger partial charge is 0.257 e. The van der Waals surface area contributed by atoms with Gasteiger partial charge in [0.1, 0.15) is 0 Å². The van der Waals surface area contributed by atoms with Gasteiger partial charge in [0.15, 0.2) is 10.8 Å². The lowest BCUT2D eigenvalue weighted by Crippen LogP contribution is -2.47. The van der Waals surface area contributed by atoms with Crippen LogP contribution in [0.4, 0.5) is 10.8 Å². The molecule has 36 heavy (non-hydrogen) atoms. The van der Waals surface area contributed by atoms with Gasteiger partial charge in [-0.05, 0) is 30.3 Å². The van der Waals surface area contributed by atoms with E-state index in [-0.39, 0.29) is 11.6 Å². The SMILES string of the molecule is C#CCCC1(CCN2CCN(c3ccc(C(=O)Nc4nc(-c5ccccc5Cl)cs4)cc3)CC2)N=N1. The van der Waals surface area contributed by atoms with Crippen molar-refractivity contribution in [3.8, 4) is 23.6 Å². The van der Waals surface area contributed by atoms with Gasteiger partial charge >= 0.3 is 0 Å². The van der Waals surface area contributed by atoms with Gasteiger partial charge < -0.3 is 4.90 Å². The summed E-state index contributed by atoms with van der Waals surface area (Å²) in [4.78, 5) is 22.1.